The molecule has 1 atom stereocenters. The maximum Gasteiger partial charge on any atom is 0.166 e. The first-order valence-corrected chi connectivity index (χ1v) is 6.17. The van der Waals surface area contributed by atoms with E-state index in [9.17, 15) is 0 Å². The van der Waals surface area contributed by atoms with Gasteiger partial charge in [-0.15, -0.1) is 0 Å². The van der Waals surface area contributed by atoms with E-state index < -0.39 is 0 Å². The molecule has 2 N–H and O–H groups in total. The molecule has 0 aliphatic carbocycles. The van der Waals surface area contributed by atoms with Gasteiger partial charge in [0.2, 0.25) is 0 Å². The van der Waals surface area contributed by atoms with Crippen LogP contribution in [0.25, 0.3) is 0 Å². The van der Waals surface area contributed by atoms with Crippen LogP contribution in [-0.4, -0.2) is 26.9 Å². The third-order valence-electron chi connectivity index (χ3n) is 3.02. The summed E-state index contributed by atoms with van der Waals surface area (Å²) in [6.07, 6.45) is 3.48. The largest absolute Gasteiger partial charge is 0.496 e. The summed E-state index contributed by atoms with van der Waals surface area (Å²) >= 11 is 0. The van der Waals surface area contributed by atoms with Gasteiger partial charge in [-0.2, -0.15) is 5.10 Å². The molecule has 6 nitrogen and oxygen atoms in total. The Morgan fingerprint density at radius 3 is 2.68 bits per heavy atom. The van der Waals surface area contributed by atoms with Crippen molar-refractivity contribution in [1.29, 1.82) is 0 Å². The normalized spacial score (nSPS) is 12.5. The van der Waals surface area contributed by atoms with Crippen LogP contribution in [0.15, 0.2) is 12.5 Å². The number of aryl methyl sites for hydroxylation is 1. The maximum absolute atomic E-state index is 5.74. The van der Waals surface area contributed by atoms with Crippen molar-refractivity contribution in [3.8, 4) is 5.75 Å². The minimum atomic E-state index is -0.164. The molecule has 0 fully saturated rings. The van der Waals surface area contributed by atoms with Crippen LogP contribution in [0, 0.1) is 13.8 Å². The Hall–Kier alpha value is -1.95. The lowest BCUT2D eigenvalue weighted by Gasteiger charge is -2.11. The third-order valence-corrected chi connectivity index (χ3v) is 3.02. The van der Waals surface area contributed by atoms with Crippen molar-refractivity contribution < 1.29 is 4.74 Å². The van der Waals surface area contributed by atoms with Crippen LogP contribution in [0.4, 0.5) is 0 Å². The number of hydrogen-bond acceptors (Lipinski definition) is 5. The Bertz CT molecular complexity index is 576. The minimum Gasteiger partial charge on any atom is -0.496 e. The first-order valence-electron chi connectivity index (χ1n) is 6.17. The van der Waals surface area contributed by atoms with Gasteiger partial charge in [0.05, 0.1) is 25.4 Å². The predicted molar refractivity (Wildman–Crippen MR) is 72.0 cm³/mol. The van der Waals surface area contributed by atoms with Gasteiger partial charge < -0.3 is 10.5 Å². The Kier molecular flexibility index (Phi) is 3.80. The van der Waals surface area contributed by atoms with Crippen LogP contribution in [0.2, 0.25) is 0 Å². The molecule has 0 aromatic carbocycles. The second-order valence-corrected chi connectivity index (χ2v) is 4.64. The van der Waals surface area contributed by atoms with Crippen molar-refractivity contribution in [1.82, 2.24) is 19.7 Å². The molecule has 0 saturated heterocycles. The smallest absolute Gasteiger partial charge is 0.166 e. The van der Waals surface area contributed by atoms with Crippen molar-refractivity contribution in [2.75, 3.05) is 7.11 Å². The molecule has 0 amide bonds. The topological polar surface area (TPSA) is 78.8 Å². The molecule has 102 valence electrons. The first kappa shape index (κ1) is 13.5. The summed E-state index contributed by atoms with van der Waals surface area (Å²) in [6.45, 7) is 6.39. The van der Waals surface area contributed by atoms with Crippen molar-refractivity contribution in [3.63, 3.8) is 0 Å². The summed E-state index contributed by atoms with van der Waals surface area (Å²) in [6, 6.07) is -0.164. The van der Waals surface area contributed by atoms with E-state index in [-0.39, 0.29) is 6.04 Å². The number of aromatic nitrogens is 4. The summed E-state index contributed by atoms with van der Waals surface area (Å²) in [5.41, 5.74) is 8.72. The van der Waals surface area contributed by atoms with E-state index in [1.807, 2.05) is 27.0 Å². The van der Waals surface area contributed by atoms with E-state index in [1.165, 1.54) is 0 Å². The Labute approximate surface area is 112 Å². The van der Waals surface area contributed by atoms with E-state index in [4.69, 9.17) is 10.5 Å². The van der Waals surface area contributed by atoms with Crippen LogP contribution < -0.4 is 10.5 Å². The van der Waals surface area contributed by atoms with E-state index in [0.717, 1.165) is 22.6 Å². The molecule has 0 radical (unpaired) electrons. The van der Waals surface area contributed by atoms with Gasteiger partial charge in [0, 0.05) is 17.3 Å². The monoisotopic (exact) mass is 261 g/mol. The molecule has 2 aromatic heterocycles. The average Bonchev–Trinajstić information content (AvgIpc) is 2.82. The number of methoxy groups -OCH3 is 1. The number of nitrogens with zero attached hydrogens (tertiary/aromatic N) is 4. The molecule has 2 aromatic rings. The number of pyridine rings is 1. The van der Waals surface area contributed by atoms with Gasteiger partial charge in [-0.05, 0) is 20.8 Å². The zero-order valence-electron chi connectivity index (χ0n) is 11.7. The van der Waals surface area contributed by atoms with Gasteiger partial charge in [-0.1, -0.05) is 0 Å². The molecular formula is C13H19N5O. The lowest BCUT2D eigenvalue weighted by molar-refractivity contribution is 0.406. The molecular weight excluding hydrogens is 242 g/mol. The van der Waals surface area contributed by atoms with Gasteiger partial charge in [-0.3, -0.25) is 4.98 Å². The average molecular weight is 261 g/mol. The van der Waals surface area contributed by atoms with E-state index in [2.05, 4.69) is 15.1 Å². The van der Waals surface area contributed by atoms with Gasteiger partial charge in [0.15, 0.2) is 5.82 Å². The lowest BCUT2D eigenvalue weighted by atomic mass is 10.1. The molecule has 2 rings (SSSR count). The minimum absolute atomic E-state index is 0.164. The summed E-state index contributed by atoms with van der Waals surface area (Å²) in [5.74, 6) is 1.51. The number of nitrogens with two attached hydrogens (primary N) is 1. The van der Waals surface area contributed by atoms with Crippen molar-refractivity contribution in [3.05, 3.63) is 35.2 Å². The standard InChI is InChI=1S/C13H19N5O/c1-8-5-15-11(9(2)12(8)19-4)6-18-7-16-13(17-18)10(3)14/h5,7,10H,6,14H2,1-4H3. The fourth-order valence-corrected chi connectivity index (χ4v) is 1.98. The molecule has 0 aliphatic heterocycles. The highest BCUT2D eigenvalue weighted by Crippen LogP contribution is 2.24. The van der Waals surface area contributed by atoms with Gasteiger partial charge >= 0.3 is 0 Å². The van der Waals surface area contributed by atoms with Crippen molar-refractivity contribution in [2.24, 2.45) is 5.73 Å². The molecule has 6 heteroatoms. The second kappa shape index (κ2) is 5.36. The number of hydrogen-bond donors (Lipinski definition) is 1. The zero-order chi connectivity index (χ0) is 14.0. The number of rotatable bonds is 4. The Morgan fingerprint density at radius 1 is 1.37 bits per heavy atom. The highest BCUT2D eigenvalue weighted by atomic mass is 16.5. The molecule has 2 heterocycles. The highest BCUT2D eigenvalue weighted by molar-refractivity contribution is 5.41. The molecule has 0 bridgehead atoms. The van der Waals surface area contributed by atoms with Crippen LogP contribution in [0.1, 0.15) is 35.6 Å². The van der Waals surface area contributed by atoms with Crippen LogP contribution in [0.5, 0.6) is 5.75 Å². The molecule has 19 heavy (non-hydrogen) atoms. The Morgan fingerprint density at radius 2 is 2.11 bits per heavy atom. The molecule has 0 saturated carbocycles. The fraction of sp³-hybridized carbons (Fsp3) is 0.462. The van der Waals surface area contributed by atoms with Gasteiger partial charge in [-0.25, -0.2) is 9.67 Å². The molecule has 0 spiro atoms. The number of ether oxygens (including phenoxy) is 1. The second-order valence-electron chi connectivity index (χ2n) is 4.64. The quantitative estimate of drug-likeness (QED) is 0.899. The first-order chi connectivity index (χ1) is 9.02. The van der Waals surface area contributed by atoms with Crippen molar-refractivity contribution in [2.45, 2.75) is 33.4 Å². The fourth-order valence-electron chi connectivity index (χ4n) is 1.98. The SMILES string of the molecule is COc1c(C)cnc(Cn2cnc(C(C)N)n2)c1C. The van der Waals surface area contributed by atoms with Crippen molar-refractivity contribution >= 4 is 0 Å². The van der Waals surface area contributed by atoms with E-state index >= 15 is 0 Å². The highest BCUT2D eigenvalue weighted by Gasteiger charge is 2.11. The summed E-state index contributed by atoms with van der Waals surface area (Å²) in [7, 11) is 1.67. The van der Waals surface area contributed by atoms with E-state index in [0.29, 0.717) is 12.4 Å². The summed E-state index contributed by atoms with van der Waals surface area (Å²) in [4.78, 5) is 8.61. The predicted octanol–water partition coefficient (Wildman–Crippen LogP) is 1.37. The van der Waals surface area contributed by atoms with Gasteiger partial charge in [0.1, 0.15) is 12.1 Å². The van der Waals surface area contributed by atoms with Crippen LogP contribution in [-0.2, 0) is 6.54 Å². The van der Waals surface area contributed by atoms with Crippen LogP contribution >= 0.6 is 0 Å². The summed E-state index contributed by atoms with van der Waals surface area (Å²) < 4.78 is 7.13. The zero-order valence-corrected chi connectivity index (χ0v) is 11.7. The molecule has 1 unspecified atom stereocenters. The van der Waals surface area contributed by atoms with Crippen LogP contribution in [0.3, 0.4) is 0 Å². The van der Waals surface area contributed by atoms with E-state index in [1.54, 1.807) is 18.1 Å². The third kappa shape index (κ3) is 2.73. The van der Waals surface area contributed by atoms with Gasteiger partial charge in [0.25, 0.3) is 0 Å². The Balaban J connectivity index is 2.28. The lowest BCUT2D eigenvalue weighted by Crippen LogP contribution is -2.10. The maximum atomic E-state index is 5.74. The summed E-state index contributed by atoms with van der Waals surface area (Å²) in [5, 5.41) is 4.32. The molecule has 0 aliphatic rings.